The number of H-pyrrole nitrogens is 1. The Morgan fingerprint density at radius 3 is 2.58 bits per heavy atom. The van der Waals surface area contributed by atoms with Crippen LogP contribution >= 0.6 is 0 Å². The topological polar surface area (TPSA) is 135 Å². The summed E-state index contributed by atoms with van der Waals surface area (Å²) >= 11 is 0. The maximum absolute atomic E-state index is 13.5. The van der Waals surface area contributed by atoms with Crippen molar-refractivity contribution in [3.05, 3.63) is 35.7 Å². The molecule has 2 aromatic heterocycles. The van der Waals surface area contributed by atoms with Gasteiger partial charge in [0.2, 0.25) is 12.7 Å². The highest BCUT2D eigenvalue weighted by Crippen LogP contribution is 2.49. The Bertz CT molecular complexity index is 1370. The molecule has 0 radical (unpaired) electrons. The molecule has 3 heterocycles. The number of hydrogen-bond acceptors (Lipinski definition) is 7. The summed E-state index contributed by atoms with van der Waals surface area (Å²) in [4.78, 5) is 32.9. The van der Waals surface area contributed by atoms with Crippen molar-refractivity contribution in [1.82, 2.24) is 20.6 Å². The molecular formula is C28H32N4O6. The third-order valence-electron chi connectivity index (χ3n) is 7.62. The van der Waals surface area contributed by atoms with Crippen molar-refractivity contribution < 1.29 is 28.9 Å². The maximum atomic E-state index is 13.5. The number of pyridine rings is 1. The van der Waals surface area contributed by atoms with Gasteiger partial charge in [0.25, 0.3) is 5.91 Å². The van der Waals surface area contributed by atoms with Crippen LogP contribution in [0.3, 0.4) is 0 Å². The van der Waals surface area contributed by atoms with Crippen LogP contribution in [0.4, 0.5) is 0 Å². The van der Waals surface area contributed by atoms with Gasteiger partial charge in [0.05, 0.1) is 23.3 Å². The van der Waals surface area contributed by atoms with Crippen molar-refractivity contribution in [3.8, 4) is 28.4 Å². The Kier molecular flexibility index (Phi) is 6.57. The first-order chi connectivity index (χ1) is 18.5. The smallest absolute Gasteiger partial charge is 0.255 e. The number of amides is 2. The van der Waals surface area contributed by atoms with Crippen LogP contribution in [0.2, 0.25) is 0 Å². The third-order valence-corrected chi connectivity index (χ3v) is 7.62. The number of nitrogens with zero attached hydrogens (tertiary/aromatic N) is 1. The molecule has 200 valence electrons. The summed E-state index contributed by atoms with van der Waals surface area (Å²) in [6.07, 6.45) is 7.07. The molecule has 6 rings (SSSR count). The number of rotatable bonds is 8. The Morgan fingerprint density at radius 1 is 1.08 bits per heavy atom. The van der Waals surface area contributed by atoms with Crippen molar-refractivity contribution in [2.75, 3.05) is 20.0 Å². The number of aromatic nitrogens is 2. The molecule has 2 aliphatic carbocycles. The molecule has 10 heteroatoms. The normalized spacial score (nSPS) is 20.4. The molecule has 0 saturated heterocycles. The van der Waals surface area contributed by atoms with E-state index >= 15 is 0 Å². The van der Waals surface area contributed by atoms with Crippen molar-refractivity contribution in [1.29, 1.82) is 0 Å². The Morgan fingerprint density at radius 2 is 1.84 bits per heavy atom. The summed E-state index contributed by atoms with van der Waals surface area (Å²) in [5.41, 5.74) is 4.21. The number of carbonyl (C=O) groups excluding carboxylic acids is 2. The van der Waals surface area contributed by atoms with Crippen molar-refractivity contribution >= 4 is 22.8 Å². The Labute approximate surface area is 220 Å². The van der Waals surface area contributed by atoms with Crippen LogP contribution in [0.5, 0.6) is 17.2 Å². The quantitative estimate of drug-likeness (QED) is 0.358. The number of carbonyl (C=O) groups is 2. The van der Waals surface area contributed by atoms with Crippen LogP contribution in [0.25, 0.3) is 22.2 Å². The summed E-state index contributed by atoms with van der Waals surface area (Å²) in [5.74, 6) is 2.07. The number of aromatic amines is 1. The Hall–Kier alpha value is -3.79. The summed E-state index contributed by atoms with van der Waals surface area (Å²) < 4.78 is 17.7. The van der Waals surface area contributed by atoms with Crippen LogP contribution in [0.1, 0.15) is 54.6 Å². The summed E-state index contributed by atoms with van der Waals surface area (Å²) in [5, 5.41) is 14.9. The molecule has 4 N–H and O–H groups in total. The van der Waals surface area contributed by atoms with Crippen molar-refractivity contribution in [3.63, 3.8) is 0 Å². The first kappa shape index (κ1) is 24.5. The van der Waals surface area contributed by atoms with E-state index in [1.54, 1.807) is 6.20 Å². The first-order valence-electron chi connectivity index (χ1n) is 13.3. The maximum Gasteiger partial charge on any atom is 0.255 e. The van der Waals surface area contributed by atoms with Gasteiger partial charge in [0.15, 0.2) is 11.5 Å². The monoisotopic (exact) mass is 520 g/mol. The largest absolute Gasteiger partial charge is 0.493 e. The van der Waals surface area contributed by atoms with Crippen molar-refractivity contribution in [2.24, 2.45) is 5.92 Å². The zero-order chi connectivity index (χ0) is 26.2. The average molecular weight is 521 g/mol. The SMILES string of the molecule is Cc1[nH]c2c(-c3c(OCC4CC4)ccc4c3OCO4)ccnc2c1C(=O)N[C@H]1CC[C@@H](NC(=O)CO)CC1. The first-order valence-corrected chi connectivity index (χ1v) is 13.3. The molecule has 1 aliphatic heterocycles. The number of fused-ring (bicyclic) bond motifs is 2. The lowest BCUT2D eigenvalue weighted by atomic mass is 9.91. The number of ether oxygens (including phenoxy) is 3. The van der Waals surface area contributed by atoms with Crippen LogP contribution < -0.4 is 24.8 Å². The average Bonchev–Trinajstić information content (AvgIpc) is 3.51. The van der Waals surface area contributed by atoms with E-state index in [4.69, 9.17) is 19.3 Å². The van der Waals surface area contributed by atoms with E-state index in [0.29, 0.717) is 35.1 Å². The second-order valence-corrected chi connectivity index (χ2v) is 10.4. The summed E-state index contributed by atoms with van der Waals surface area (Å²) in [6, 6.07) is 5.72. The molecule has 2 amide bonds. The minimum absolute atomic E-state index is 0.00248. The molecule has 38 heavy (non-hydrogen) atoms. The fourth-order valence-electron chi connectivity index (χ4n) is 5.43. The molecule has 0 bridgehead atoms. The van der Waals surface area contributed by atoms with Crippen LogP contribution in [-0.2, 0) is 4.79 Å². The Balaban J connectivity index is 1.27. The molecule has 1 aromatic carbocycles. The number of aliphatic hydroxyl groups is 1. The molecule has 0 unspecified atom stereocenters. The lowest BCUT2D eigenvalue weighted by molar-refractivity contribution is -0.124. The standard InChI is InChI=1S/C28H32N4O6/c1-15-23(28(35)32-18-6-4-17(5-7-18)31-22(34)12-33)26-25(30-15)19(10-11-29-26)24-20(36-13-16-2-3-16)8-9-21-27(24)38-14-37-21/h8-11,16-18,30,33H,2-7,12-14H2,1H3,(H,31,34)(H,32,35)/t17-,18+. The second kappa shape index (κ2) is 10.2. The highest BCUT2D eigenvalue weighted by molar-refractivity contribution is 6.10. The number of aliphatic hydroxyl groups excluding tert-OH is 1. The number of aryl methyl sites for hydroxylation is 1. The highest BCUT2D eigenvalue weighted by atomic mass is 16.7. The van der Waals surface area contributed by atoms with E-state index in [9.17, 15) is 9.59 Å². The van der Waals surface area contributed by atoms with Gasteiger partial charge in [-0.2, -0.15) is 0 Å². The zero-order valence-electron chi connectivity index (χ0n) is 21.3. The van der Waals surface area contributed by atoms with Gasteiger partial charge in [0, 0.05) is 29.5 Å². The zero-order valence-corrected chi connectivity index (χ0v) is 21.3. The van der Waals surface area contributed by atoms with Gasteiger partial charge in [0.1, 0.15) is 17.9 Å². The van der Waals surface area contributed by atoms with Gasteiger partial charge in [-0.05, 0) is 69.6 Å². The molecule has 0 atom stereocenters. The molecule has 3 aliphatic rings. The highest BCUT2D eigenvalue weighted by Gasteiger charge is 2.30. The summed E-state index contributed by atoms with van der Waals surface area (Å²) in [7, 11) is 0. The lowest BCUT2D eigenvalue weighted by Crippen LogP contribution is -2.44. The number of benzene rings is 1. The van der Waals surface area contributed by atoms with E-state index in [-0.39, 0.29) is 30.7 Å². The number of hydrogen-bond donors (Lipinski definition) is 4. The van der Waals surface area contributed by atoms with Gasteiger partial charge in [-0.25, -0.2) is 0 Å². The fourth-order valence-corrected chi connectivity index (χ4v) is 5.43. The van der Waals surface area contributed by atoms with E-state index < -0.39 is 6.61 Å². The molecule has 10 nitrogen and oxygen atoms in total. The van der Waals surface area contributed by atoms with Gasteiger partial charge in [-0.3, -0.25) is 14.6 Å². The van der Waals surface area contributed by atoms with Gasteiger partial charge in [-0.15, -0.1) is 0 Å². The van der Waals surface area contributed by atoms with Gasteiger partial charge < -0.3 is 34.9 Å². The van der Waals surface area contributed by atoms with Gasteiger partial charge in [-0.1, -0.05) is 0 Å². The predicted octanol–water partition coefficient (Wildman–Crippen LogP) is 3.21. The number of nitrogens with one attached hydrogen (secondary N) is 3. The third kappa shape index (κ3) is 4.76. The van der Waals surface area contributed by atoms with E-state index in [2.05, 4.69) is 20.6 Å². The minimum Gasteiger partial charge on any atom is -0.493 e. The van der Waals surface area contributed by atoms with Gasteiger partial charge >= 0.3 is 0 Å². The van der Waals surface area contributed by atoms with E-state index in [0.717, 1.165) is 53.8 Å². The molecule has 2 fully saturated rings. The molecule has 3 aromatic rings. The lowest BCUT2D eigenvalue weighted by Gasteiger charge is -2.29. The predicted molar refractivity (Wildman–Crippen MR) is 139 cm³/mol. The second-order valence-electron chi connectivity index (χ2n) is 10.4. The van der Waals surface area contributed by atoms with E-state index in [1.807, 2.05) is 25.1 Å². The molecule has 0 spiro atoms. The molecular weight excluding hydrogens is 488 g/mol. The van der Waals surface area contributed by atoms with E-state index in [1.165, 1.54) is 12.8 Å². The molecule has 2 saturated carbocycles. The summed E-state index contributed by atoms with van der Waals surface area (Å²) in [6.45, 7) is 2.17. The fraction of sp³-hybridized carbons (Fsp3) is 0.464. The van der Waals surface area contributed by atoms with Crippen LogP contribution in [0, 0.1) is 12.8 Å². The van der Waals surface area contributed by atoms with Crippen LogP contribution in [-0.4, -0.2) is 59.0 Å². The van der Waals surface area contributed by atoms with Crippen LogP contribution in [0.15, 0.2) is 24.4 Å². The minimum atomic E-state index is -0.509. The van der Waals surface area contributed by atoms with Crippen molar-refractivity contribution in [2.45, 2.75) is 57.5 Å².